The van der Waals surface area contributed by atoms with E-state index in [9.17, 15) is 9.59 Å². The van der Waals surface area contributed by atoms with E-state index in [1.165, 1.54) is 7.11 Å². The van der Waals surface area contributed by atoms with E-state index in [4.69, 9.17) is 4.74 Å². The van der Waals surface area contributed by atoms with E-state index in [0.717, 1.165) is 38.5 Å². The van der Waals surface area contributed by atoms with Gasteiger partial charge in [0.25, 0.3) is 0 Å². The lowest BCUT2D eigenvalue weighted by atomic mass is 10.0. The molecule has 0 spiro atoms. The monoisotopic (exact) mass is 256 g/mol. The summed E-state index contributed by atoms with van der Waals surface area (Å²) in [6.45, 7) is 2.81. The molecule has 0 heterocycles. The molecular formula is C13H24N2O3. The number of hydrogen-bond acceptors (Lipinski definition) is 3. The summed E-state index contributed by atoms with van der Waals surface area (Å²) >= 11 is 0. The topological polar surface area (TPSA) is 67.4 Å². The number of unbranched alkanes of at least 4 members (excludes halogenated alkanes) is 2. The molecule has 2 amide bonds. The first-order valence-electron chi connectivity index (χ1n) is 6.81. The van der Waals surface area contributed by atoms with Gasteiger partial charge in [0.05, 0.1) is 13.0 Å². The lowest BCUT2D eigenvalue weighted by molar-refractivity contribution is -0.145. The number of carbonyl (C=O) groups excluding carboxylic acids is 2. The minimum Gasteiger partial charge on any atom is -0.469 e. The third kappa shape index (κ3) is 4.55. The highest BCUT2D eigenvalue weighted by atomic mass is 16.5. The molecule has 1 saturated carbocycles. The van der Waals surface area contributed by atoms with Crippen LogP contribution in [0, 0.1) is 5.92 Å². The summed E-state index contributed by atoms with van der Waals surface area (Å²) in [6, 6.07) is -0.254. The molecule has 2 atom stereocenters. The third-order valence-electron chi connectivity index (χ3n) is 3.40. The molecule has 1 fully saturated rings. The van der Waals surface area contributed by atoms with Gasteiger partial charge >= 0.3 is 12.0 Å². The van der Waals surface area contributed by atoms with Crippen molar-refractivity contribution >= 4 is 12.0 Å². The first-order chi connectivity index (χ1) is 8.69. The second-order valence-electron chi connectivity index (χ2n) is 4.77. The molecule has 0 radical (unpaired) electrons. The van der Waals surface area contributed by atoms with Crippen LogP contribution in [0.4, 0.5) is 4.79 Å². The Morgan fingerprint density at radius 1 is 1.28 bits per heavy atom. The van der Waals surface area contributed by atoms with Crippen LogP contribution >= 0.6 is 0 Å². The summed E-state index contributed by atoms with van der Waals surface area (Å²) in [4.78, 5) is 23.2. The van der Waals surface area contributed by atoms with Crippen LogP contribution in [0.1, 0.15) is 45.4 Å². The van der Waals surface area contributed by atoms with Crippen molar-refractivity contribution in [2.75, 3.05) is 13.7 Å². The van der Waals surface area contributed by atoms with Crippen LogP contribution in [0.15, 0.2) is 0 Å². The highest BCUT2D eigenvalue weighted by Gasteiger charge is 2.34. The molecule has 0 bridgehead atoms. The zero-order valence-corrected chi connectivity index (χ0v) is 11.3. The predicted molar refractivity (Wildman–Crippen MR) is 69.2 cm³/mol. The Kier molecular flexibility index (Phi) is 6.54. The average Bonchev–Trinajstić information content (AvgIpc) is 2.82. The van der Waals surface area contributed by atoms with E-state index >= 15 is 0 Å². The largest absolute Gasteiger partial charge is 0.469 e. The molecular weight excluding hydrogens is 232 g/mol. The van der Waals surface area contributed by atoms with E-state index in [0.29, 0.717) is 6.54 Å². The summed E-state index contributed by atoms with van der Waals surface area (Å²) in [5, 5.41) is 5.69. The molecule has 18 heavy (non-hydrogen) atoms. The molecule has 1 aliphatic carbocycles. The van der Waals surface area contributed by atoms with Gasteiger partial charge in [-0.3, -0.25) is 4.79 Å². The summed E-state index contributed by atoms with van der Waals surface area (Å²) < 4.78 is 4.75. The second-order valence-corrected chi connectivity index (χ2v) is 4.77. The van der Waals surface area contributed by atoms with Crippen molar-refractivity contribution in [3.8, 4) is 0 Å². The first-order valence-corrected chi connectivity index (χ1v) is 6.81. The van der Waals surface area contributed by atoms with Gasteiger partial charge in [0, 0.05) is 12.6 Å². The van der Waals surface area contributed by atoms with Gasteiger partial charge in [0.1, 0.15) is 0 Å². The predicted octanol–water partition coefficient (Wildman–Crippen LogP) is 1.82. The fourth-order valence-electron chi connectivity index (χ4n) is 2.36. The van der Waals surface area contributed by atoms with Gasteiger partial charge in [-0.2, -0.15) is 0 Å². The van der Waals surface area contributed by atoms with Crippen LogP contribution in [-0.4, -0.2) is 31.7 Å². The van der Waals surface area contributed by atoms with Gasteiger partial charge in [-0.1, -0.05) is 26.2 Å². The standard InChI is InChI=1S/C13H24N2O3/c1-3-4-5-9-14-13(17)15-11-8-6-7-10(11)12(16)18-2/h10-11H,3-9H2,1-2H3,(H2,14,15,17)/t10-,11+/m1/s1. The van der Waals surface area contributed by atoms with Crippen LogP contribution in [0.25, 0.3) is 0 Å². The SMILES string of the molecule is CCCCCNC(=O)N[C@H]1CCC[C@H]1C(=O)OC. The summed E-state index contributed by atoms with van der Waals surface area (Å²) in [6.07, 6.45) is 5.86. The zero-order valence-electron chi connectivity index (χ0n) is 11.3. The minimum absolute atomic E-state index is 0.0800. The Morgan fingerprint density at radius 3 is 2.72 bits per heavy atom. The quantitative estimate of drug-likeness (QED) is 0.562. The van der Waals surface area contributed by atoms with E-state index in [2.05, 4.69) is 17.6 Å². The van der Waals surface area contributed by atoms with E-state index in [-0.39, 0.29) is 24.0 Å². The fraction of sp³-hybridized carbons (Fsp3) is 0.846. The van der Waals surface area contributed by atoms with E-state index in [1.807, 2.05) is 0 Å². The highest BCUT2D eigenvalue weighted by Crippen LogP contribution is 2.26. The number of methoxy groups -OCH3 is 1. The lowest BCUT2D eigenvalue weighted by Gasteiger charge is -2.19. The smallest absolute Gasteiger partial charge is 0.315 e. The summed E-state index contributed by atoms with van der Waals surface area (Å²) in [5.41, 5.74) is 0. The Labute approximate surface area is 109 Å². The molecule has 5 nitrogen and oxygen atoms in total. The molecule has 104 valence electrons. The third-order valence-corrected chi connectivity index (χ3v) is 3.40. The van der Waals surface area contributed by atoms with Crippen LogP contribution in [-0.2, 0) is 9.53 Å². The maximum atomic E-state index is 11.6. The molecule has 0 saturated heterocycles. The van der Waals surface area contributed by atoms with Crippen molar-refractivity contribution < 1.29 is 14.3 Å². The molecule has 0 unspecified atom stereocenters. The number of ether oxygens (including phenoxy) is 1. The Hall–Kier alpha value is -1.26. The summed E-state index contributed by atoms with van der Waals surface area (Å²) in [5.74, 6) is -0.403. The van der Waals surface area contributed by atoms with Crippen LogP contribution in [0.3, 0.4) is 0 Å². The molecule has 1 rings (SSSR count). The molecule has 0 aromatic rings. The highest BCUT2D eigenvalue weighted by molar-refractivity contribution is 5.77. The molecule has 0 aromatic carbocycles. The minimum atomic E-state index is -0.219. The molecule has 0 aliphatic heterocycles. The Balaban J connectivity index is 2.27. The van der Waals surface area contributed by atoms with E-state index < -0.39 is 0 Å². The number of hydrogen-bond donors (Lipinski definition) is 2. The lowest BCUT2D eigenvalue weighted by Crippen LogP contribution is -2.45. The van der Waals surface area contributed by atoms with Crippen LogP contribution in [0.5, 0.6) is 0 Å². The van der Waals surface area contributed by atoms with Gasteiger partial charge in [-0.05, 0) is 19.3 Å². The van der Waals surface area contributed by atoms with Gasteiger partial charge in [0.2, 0.25) is 0 Å². The molecule has 0 aromatic heterocycles. The number of esters is 1. The van der Waals surface area contributed by atoms with Crippen LogP contribution < -0.4 is 10.6 Å². The normalized spacial score (nSPS) is 22.6. The summed E-state index contributed by atoms with van der Waals surface area (Å²) in [7, 11) is 1.39. The Bertz CT molecular complexity index is 281. The van der Waals surface area contributed by atoms with Gasteiger partial charge in [0.15, 0.2) is 0 Å². The van der Waals surface area contributed by atoms with Crippen molar-refractivity contribution in [2.45, 2.75) is 51.5 Å². The van der Waals surface area contributed by atoms with Crippen molar-refractivity contribution in [1.82, 2.24) is 10.6 Å². The second kappa shape index (κ2) is 7.95. The van der Waals surface area contributed by atoms with Crippen molar-refractivity contribution in [3.63, 3.8) is 0 Å². The first kappa shape index (κ1) is 14.8. The van der Waals surface area contributed by atoms with Crippen molar-refractivity contribution in [1.29, 1.82) is 0 Å². The molecule has 5 heteroatoms. The fourth-order valence-corrected chi connectivity index (χ4v) is 2.36. The van der Waals surface area contributed by atoms with Gasteiger partial charge in [-0.25, -0.2) is 4.79 Å². The van der Waals surface area contributed by atoms with E-state index in [1.54, 1.807) is 0 Å². The van der Waals surface area contributed by atoms with Gasteiger partial charge in [-0.15, -0.1) is 0 Å². The van der Waals surface area contributed by atoms with Crippen molar-refractivity contribution in [3.05, 3.63) is 0 Å². The number of rotatable bonds is 6. The number of amides is 2. The zero-order chi connectivity index (χ0) is 13.4. The molecule has 2 N–H and O–H groups in total. The number of nitrogens with one attached hydrogen (secondary N) is 2. The number of urea groups is 1. The van der Waals surface area contributed by atoms with Crippen molar-refractivity contribution in [2.24, 2.45) is 5.92 Å². The van der Waals surface area contributed by atoms with Crippen LogP contribution in [0.2, 0.25) is 0 Å². The average molecular weight is 256 g/mol. The number of carbonyl (C=O) groups is 2. The maximum absolute atomic E-state index is 11.6. The maximum Gasteiger partial charge on any atom is 0.315 e. The Morgan fingerprint density at radius 2 is 2.06 bits per heavy atom. The van der Waals surface area contributed by atoms with Gasteiger partial charge < -0.3 is 15.4 Å². The molecule has 1 aliphatic rings.